The summed E-state index contributed by atoms with van der Waals surface area (Å²) in [6, 6.07) is 6.68. The maximum atomic E-state index is 12.7. The summed E-state index contributed by atoms with van der Waals surface area (Å²) < 4.78 is 28.4. The Bertz CT molecular complexity index is 697. The molecule has 2 heterocycles. The van der Waals surface area contributed by atoms with E-state index < -0.39 is 10.0 Å². The molecule has 1 fully saturated rings. The number of tetrazole rings is 1. The van der Waals surface area contributed by atoms with E-state index in [-0.39, 0.29) is 6.04 Å². The van der Waals surface area contributed by atoms with Crippen molar-refractivity contribution in [2.75, 3.05) is 6.54 Å². The van der Waals surface area contributed by atoms with Gasteiger partial charge in [0, 0.05) is 12.6 Å². The van der Waals surface area contributed by atoms with Crippen molar-refractivity contribution in [3.05, 3.63) is 30.6 Å². The summed E-state index contributed by atoms with van der Waals surface area (Å²) in [6.45, 7) is 2.56. The Kier molecular flexibility index (Phi) is 3.73. The van der Waals surface area contributed by atoms with Gasteiger partial charge in [-0.3, -0.25) is 0 Å². The van der Waals surface area contributed by atoms with Gasteiger partial charge in [-0.15, -0.1) is 5.10 Å². The minimum Gasteiger partial charge on any atom is -0.207 e. The molecular formula is C13H17N5O2S. The largest absolute Gasteiger partial charge is 0.243 e. The van der Waals surface area contributed by atoms with Gasteiger partial charge in [0.25, 0.3) is 0 Å². The lowest BCUT2D eigenvalue weighted by molar-refractivity contribution is 0.268. The highest BCUT2D eigenvalue weighted by Crippen LogP contribution is 2.25. The first-order valence-electron chi connectivity index (χ1n) is 6.94. The molecule has 3 rings (SSSR count). The number of piperidine rings is 1. The Hall–Kier alpha value is -1.80. The zero-order valence-corrected chi connectivity index (χ0v) is 12.6. The van der Waals surface area contributed by atoms with Crippen molar-refractivity contribution in [1.82, 2.24) is 24.5 Å². The molecule has 7 nitrogen and oxygen atoms in total. The van der Waals surface area contributed by atoms with Gasteiger partial charge >= 0.3 is 0 Å². The molecule has 8 heteroatoms. The predicted molar refractivity (Wildman–Crippen MR) is 76.4 cm³/mol. The summed E-state index contributed by atoms with van der Waals surface area (Å²) in [5.41, 5.74) is 0.727. The summed E-state index contributed by atoms with van der Waals surface area (Å²) in [5, 5.41) is 10.9. The molecule has 0 bridgehead atoms. The summed E-state index contributed by atoms with van der Waals surface area (Å²) in [5.74, 6) is 0. The Balaban J connectivity index is 1.89. The highest BCUT2D eigenvalue weighted by atomic mass is 32.2. The first-order valence-corrected chi connectivity index (χ1v) is 8.38. The molecule has 0 saturated carbocycles. The number of nitrogens with zero attached hydrogens (tertiary/aromatic N) is 5. The van der Waals surface area contributed by atoms with Crippen molar-refractivity contribution >= 4 is 10.0 Å². The lowest BCUT2D eigenvalue weighted by atomic mass is 10.1. The van der Waals surface area contributed by atoms with Crippen LogP contribution >= 0.6 is 0 Å². The third kappa shape index (κ3) is 2.68. The molecule has 0 N–H and O–H groups in total. The van der Waals surface area contributed by atoms with Crippen molar-refractivity contribution in [1.29, 1.82) is 0 Å². The fourth-order valence-corrected chi connectivity index (χ4v) is 4.31. The second-order valence-corrected chi connectivity index (χ2v) is 7.10. The Labute approximate surface area is 123 Å². The number of hydrogen-bond donors (Lipinski definition) is 0. The average Bonchev–Trinajstić information content (AvgIpc) is 3.02. The Morgan fingerprint density at radius 3 is 2.57 bits per heavy atom. The van der Waals surface area contributed by atoms with Gasteiger partial charge in [-0.05, 0) is 54.5 Å². The lowest BCUT2D eigenvalue weighted by Gasteiger charge is -2.32. The van der Waals surface area contributed by atoms with Crippen molar-refractivity contribution < 1.29 is 8.42 Å². The van der Waals surface area contributed by atoms with Gasteiger partial charge in [-0.2, -0.15) is 4.31 Å². The molecule has 0 spiro atoms. The van der Waals surface area contributed by atoms with E-state index in [1.165, 1.54) is 11.0 Å². The quantitative estimate of drug-likeness (QED) is 0.852. The molecule has 1 saturated heterocycles. The molecule has 2 aromatic rings. The summed E-state index contributed by atoms with van der Waals surface area (Å²) in [4.78, 5) is 0.313. The van der Waals surface area contributed by atoms with Gasteiger partial charge in [0.05, 0.1) is 10.6 Å². The van der Waals surface area contributed by atoms with Crippen LogP contribution in [0.5, 0.6) is 0 Å². The van der Waals surface area contributed by atoms with Gasteiger partial charge in [0.1, 0.15) is 6.33 Å². The monoisotopic (exact) mass is 307 g/mol. The number of sulfonamides is 1. The SMILES string of the molecule is C[C@@H]1CCCCN1S(=O)(=O)c1ccc(-n2cnnn2)cc1. The molecule has 1 aliphatic rings. The van der Waals surface area contributed by atoms with Crippen LogP contribution in [0.15, 0.2) is 35.5 Å². The van der Waals surface area contributed by atoms with Crippen LogP contribution in [0.25, 0.3) is 5.69 Å². The molecule has 0 radical (unpaired) electrons. The predicted octanol–water partition coefficient (Wildman–Crippen LogP) is 1.23. The standard InChI is InChI=1S/C13H17N5O2S/c1-11-4-2-3-9-18(11)21(19,20)13-7-5-12(6-8-13)17-10-14-15-16-17/h5-8,10-11H,2-4,9H2,1H3/t11-/m1/s1. The minimum absolute atomic E-state index is 0.0583. The number of hydrogen-bond acceptors (Lipinski definition) is 5. The van der Waals surface area contributed by atoms with Gasteiger partial charge < -0.3 is 0 Å². The Morgan fingerprint density at radius 1 is 1.19 bits per heavy atom. The average molecular weight is 307 g/mol. The third-order valence-electron chi connectivity index (χ3n) is 3.80. The van der Waals surface area contributed by atoms with E-state index in [0.717, 1.165) is 24.9 Å². The molecule has 21 heavy (non-hydrogen) atoms. The topological polar surface area (TPSA) is 81.0 Å². The van der Waals surface area contributed by atoms with Crippen molar-refractivity contribution in [3.63, 3.8) is 0 Å². The molecule has 0 amide bonds. The second-order valence-electron chi connectivity index (χ2n) is 5.21. The van der Waals surface area contributed by atoms with Gasteiger partial charge in [0.2, 0.25) is 10.0 Å². The zero-order chi connectivity index (χ0) is 14.9. The van der Waals surface area contributed by atoms with Crippen LogP contribution in [0.3, 0.4) is 0 Å². The molecular weight excluding hydrogens is 290 g/mol. The van der Waals surface area contributed by atoms with Crippen LogP contribution in [-0.2, 0) is 10.0 Å². The number of benzene rings is 1. The molecule has 1 atom stereocenters. The van der Waals surface area contributed by atoms with E-state index in [0.29, 0.717) is 11.4 Å². The van der Waals surface area contributed by atoms with Gasteiger partial charge in [-0.1, -0.05) is 6.42 Å². The van der Waals surface area contributed by atoms with E-state index >= 15 is 0 Å². The van der Waals surface area contributed by atoms with Crippen LogP contribution in [-0.4, -0.2) is 45.5 Å². The third-order valence-corrected chi connectivity index (χ3v) is 5.83. The van der Waals surface area contributed by atoms with Crippen molar-refractivity contribution in [3.8, 4) is 5.69 Å². The van der Waals surface area contributed by atoms with Crippen molar-refractivity contribution in [2.45, 2.75) is 37.1 Å². The fraction of sp³-hybridized carbons (Fsp3) is 0.462. The highest BCUT2D eigenvalue weighted by molar-refractivity contribution is 7.89. The van der Waals surface area contributed by atoms with Crippen LogP contribution in [0.4, 0.5) is 0 Å². The van der Waals surface area contributed by atoms with Crippen LogP contribution in [0.2, 0.25) is 0 Å². The smallest absolute Gasteiger partial charge is 0.207 e. The van der Waals surface area contributed by atoms with E-state index in [9.17, 15) is 8.42 Å². The molecule has 1 aromatic carbocycles. The summed E-state index contributed by atoms with van der Waals surface area (Å²) in [6.07, 6.45) is 4.40. The van der Waals surface area contributed by atoms with E-state index in [1.54, 1.807) is 28.6 Å². The first-order chi connectivity index (χ1) is 10.1. The molecule has 0 aliphatic carbocycles. The van der Waals surface area contributed by atoms with Gasteiger partial charge in [0.15, 0.2) is 0 Å². The fourth-order valence-electron chi connectivity index (χ4n) is 2.61. The van der Waals surface area contributed by atoms with Crippen molar-refractivity contribution in [2.24, 2.45) is 0 Å². The maximum absolute atomic E-state index is 12.7. The molecule has 0 unspecified atom stereocenters. The number of aromatic nitrogens is 4. The summed E-state index contributed by atoms with van der Waals surface area (Å²) in [7, 11) is -3.42. The van der Waals surface area contributed by atoms with E-state index in [2.05, 4.69) is 15.5 Å². The molecule has 1 aromatic heterocycles. The second kappa shape index (κ2) is 5.53. The molecule has 112 valence electrons. The van der Waals surface area contributed by atoms with Crippen LogP contribution in [0.1, 0.15) is 26.2 Å². The van der Waals surface area contributed by atoms with Crippen LogP contribution < -0.4 is 0 Å². The first kappa shape index (κ1) is 14.2. The summed E-state index contributed by atoms with van der Waals surface area (Å²) >= 11 is 0. The zero-order valence-electron chi connectivity index (χ0n) is 11.8. The van der Waals surface area contributed by atoms with Gasteiger partial charge in [-0.25, -0.2) is 13.1 Å². The normalized spacial score (nSPS) is 20.5. The molecule has 1 aliphatic heterocycles. The Morgan fingerprint density at radius 2 is 1.95 bits per heavy atom. The maximum Gasteiger partial charge on any atom is 0.243 e. The lowest BCUT2D eigenvalue weighted by Crippen LogP contribution is -2.41. The number of rotatable bonds is 3. The van der Waals surface area contributed by atoms with Crippen LogP contribution in [0, 0.1) is 0 Å². The minimum atomic E-state index is -3.42. The van der Waals surface area contributed by atoms with E-state index in [4.69, 9.17) is 0 Å². The van der Waals surface area contributed by atoms with E-state index in [1.807, 2.05) is 6.92 Å². The highest BCUT2D eigenvalue weighted by Gasteiger charge is 2.30.